The smallest absolute Gasteiger partial charge is 0.363 e. The summed E-state index contributed by atoms with van der Waals surface area (Å²) in [5, 5.41) is 0. The first-order chi connectivity index (χ1) is 13.2. The van der Waals surface area contributed by atoms with Gasteiger partial charge in [0.15, 0.2) is 17.2 Å². The van der Waals surface area contributed by atoms with Gasteiger partial charge in [-0.05, 0) is 80.1 Å². The summed E-state index contributed by atoms with van der Waals surface area (Å²) >= 11 is 0. The van der Waals surface area contributed by atoms with Gasteiger partial charge in [0.05, 0.1) is 0 Å². The molecule has 27 heavy (non-hydrogen) atoms. The van der Waals surface area contributed by atoms with Crippen LogP contribution in [-0.4, -0.2) is 25.1 Å². The molecule has 2 aliphatic heterocycles. The Morgan fingerprint density at radius 2 is 1.63 bits per heavy atom. The monoisotopic (exact) mass is 365 g/mol. The van der Waals surface area contributed by atoms with Gasteiger partial charge in [-0.3, -0.25) is 0 Å². The third-order valence-electron chi connectivity index (χ3n) is 6.98. The fourth-order valence-electron chi connectivity index (χ4n) is 6.32. The van der Waals surface area contributed by atoms with Crippen molar-refractivity contribution in [2.24, 2.45) is 28.2 Å². The van der Waals surface area contributed by atoms with Gasteiger partial charge >= 0.3 is 5.97 Å². The van der Waals surface area contributed by atoms with Crippen molar-refractivity contribution in [1.82, 2.24) is 0 Å². The molecule has 140 valence electrons. The van der Waals surface area contributed by atoms with Crippen LogP contribution < -0.4 is 9.47 Å². The van der Waals surface area contributed by atoms with Gasteiger partial charge in [0.2, 0.25) is 5.90 Å². The van der Waals surface area contributed by atoms with Crippen LogP contribution >= 0.6 is 0 Å². The van der Waals surface area contributed by atoms with Crippen LogP contribution in [0.2, 0.25) is 0 Å². The van der Waals surface area contributed by atoms with E-state index >= 15 is 0 Å². The summed E-state index contributed by atoms with van der Waals surface area (Å²) in [5.41, 5.74) is 1.28. The minimum absolute atomic E-state index is 0.00675. The van der Waals surface area contributed by atoms with Crippen LogP contribution in [0.4, 0.5) is 0 Å². The molecule has 4 saturated carbocycles. The minimum Gasteiger partial charge on any atom is -0.486 e. The highest BCUT2D eigenvalue weighted by molar-refractivity contribution is 6.09. The predicted molar refractivity (Wildman–Crippen MR) is 99.5 cm³/mol. The second-order valence-electron chi connectivity index (χ2n) is 8.94. The molecule has 4 fully saturated rings. The first-order valence-electron chi connectivity index (χ1n) is 10.1. The summed E-state index contributed by atoms with van der Waals surface area (Å²) in [4.78, 5) is 17.2. The Labute approximate surface area is 158 Å². The van der Waals surface area contributed by atoms with E-state index in [0.717, 1.165) is 48.3 Å². The molecule has 0 saturated heterocycles. The summed E-state index contributed by atoms with van der Waals surface area (Å²) in [6.07, 6.45) is 9.31. The highest BCUT2D eigenvalue weighted by Crippen LogP contribution is 2.61. The molecule has 0 amide bonds. The largest absolute Gasteiger partial charge is 0.486 e. The fourth-order valence-corrected chi connectivity index (χ4v) is 6.32. The lowest BCUT2D eigenvalue weighted by atomic mass is 9.49. The van der Waals surface area contributed by atoms with E-state index < -0.39 is 0 Å². The van der Waals surface area contributed by atoms with Crippen molar-refractivity contribution in [2.45, 2.75) is 38.5 Å². The molecule has 0 N–H and O–H groups in total. The lowest BCUT2D eigenvalue weighted by Crippen LogP contribution is -2.50. The van der Waals surface area contributed by atoms with Crippen molar-refractivity contribution in [3.05, 3.63) is 29.5 Å². The number of benzene rings is 1. The summed E-state index contributed by atoms with van der Waals surface area (Å²) < 4.78 is 16.9. The van der Waals surface area contributed by atoms with E-state index in [1.54, 1.807) is 6.08 Å². The van der Waals surface area contributed by atoms with Gasteiger partial charge < -0.3 is 14.2 Å². The Morgan fingerprint density at radius 1 is 0.963 bits per heavy atom. The SMILES string of the molecule is O=C1OC(C23CC4CC(CC(C4)C2)C3)=N/C1=C\c1ccc2c(c1)OCCO2. The second-order valence-corrected chi connectivity index (χ2v) is 8.94. The van der Waals surface area contributed by atoms with Crippen LogP contribution in [0.25, 0.3) is 6.08 Å². The van der Waals surface area contributed by atoms with Crippen LogP contribution in [0.5, 0.6) is 11.5 Å². The number of aliphatic imine (C=N–C) groups is 1. The Bertz CT molecular complexity index is 849. The van der Waals surface area contributed by atoms with Crippen molar-refractivity contribution in [2.75, 3.05) is 13.2 Å². The highest BCUT2D eigenvalue weighted by atomic mass is 16.6. The molecule has 0 unspecified atom stereocenters. The molecule has 5 heteroatoms. The van der Waals surface area contributed by atoms with E-state index in [1.165, 1.54) is 19.3 Å². The van der Waals surface area contributed by atoms with E-state index in [2.05, 4.69) is 0 Å². The molecular weight excluding hydrogens is 342 g/mol. The van der Waals surface area contributed by atoms with Gasteiger partial charge in [0.1, 0.15) is 13.2 Å². The molecule has 2 heterocycles. The number of cyclic esters (lactones) is 1. The number of hydrogen-bond acceptors (Lipinski definition) is 5. The van der Waals surface area contributed by atoms with Crippen LogP contribution in [0, 0.1) is 23.2 Å². The van der Waals surface area contributed by atoms with E-state index in [9.17, 15) is 4.79 Å². The van der Waals surface area contributed by atoms with Crippen LogP contribution in [-0.2, 0) is 9.53 Å². The first-order valence-corrected chi connectivity index (χ1v) is 10.1. The summed E-state index contributed by atoms with van der Waals surface area (Å²) in [7, 11) is 0. The Kier molecular flexibility index (Phi) is 3.26. The van der Waals surface area contributed by atoms with Crippen LogP contribution in [0.15, 0.2) is 28.9 Å². The van der Waals surface area contributed by atoms with E-state index in [0.29, 0.717) is 30.6 Å². The third kappa shape index (κ3) is 2.51. The number of rotatable bonds is 2. The molecule has 5 nitrogen and oxygen atoms in total. The number of esters is 1. The zero-order chi connectivity index (χ0) is 18.0. The number of hydrogen-bond donors (Lipinski definition) is 0. The summed E-state index contributed by atoms with van der Waals surface area (Å²) in [6, 6.07) is 5.70. The minimum atomic E-state index is -0.323. The molecule has 4 aliphatic carbocycles. The maximum absolute atomic E-state index is 12.5. The standard InChI is InChI=1S/C22H23NO4/c24-20-17(8-13-1-2-18-19(9-13)26-4-3-25-18)23-21(27-20)22-10-14-5-15(11-22)7-16(6-14)12-22/h1-2,8-9,14-16H,3-7,10-12H2/b17-8-. The number of fused-ring (bicyclic) bond motifs is 1. The fraction of sp³-hybridized carbons (Fsp3) is 0.545. The van der Waals surface area contributed by atoms with Crippen molar-refractivity contribution >= 4 is 17.9 Å². The van der Waals surface area contributed by atoms with Crippen molar-refractivity contribution < 1.29 is 19.0 Å². The van der Waals surface area contributed by atoms with Gasteiger partial charge in [-0.1, -0.05) is 6.07 Å². The Balaban J connectivity index is 1.32. The molecule has 1 aromatic carbocycles. The number of nitrogens with zero attached hydrogens (tertiary/aromatic N) is 1. The van der Waals surface area contributed by atoms with E-state index in [-0.39, 0.29) is 11.4 Å². The molecular formula is C22H23NO4. The first kappa shape index (κ1) is 15.7. The molecule has 6 aliphatic rings. The summed E-state index contributed by atoms with van der Waals surface area (Å²) in [5.74, 6) is 4.21. The van der Waals surface area contributed by atoms with Crippen molar-refractivity contribution in [3.8, 4) is 11.5 Å². The zero-order valence-corrected chi connectivity index (χ0v) is 15.3. The molecule has 0 atom stereocenters. The van der Waals surface area contributed by atoms with E-state index in [4.69, 9.17) is 19.2 Å². The molecule has 1 aromatic rings. The average molecular weight is 365 g/mol. The third-order valence-corrected chi connectivity index (χ3v) is 6.98. The van der Waals surface area contributed by atoms with E-state index in [1.807, 2.05) is 18.2 Å². The van der Waals surface area contributed by atoms with Gasteiger partial charge in [-0.25, -0.2) is 9.79 Å². The molecule has 0 aromatic heterocycles. The predicted octanol–water partition coefficient (Wildman–Crippen LogP) is 3.97. The molecule has 4 bridgehead atoms. The quantitative estimate of drug-likeness (QED) is 0.588. The lowest BCUT2D eigenvalue weighted by Gasteiger charge is -2.55. The second kappa shape index (κ2) is 5.60. The van der Waals surface area contributed by atoms with Crippen molar-refractivity contribution in [1.29, 1.82) is 0 Å². The normalized spacial score (nSPS) is 37.5. The van der Waals surface area contributed by atoms with Crippen LogP contribution in [0.1, 0.15) is 44.1 Å². The maximum atomic E-state index is 12.5. The van der Waals surface area contributed by atoms with Gasteiger partial charge in [0.25, 0.3) is 0 Å². The topological polar surface area (TPSA) is 57.1 Å². The van der Waals surface area contributed by atoms with Gasteiger partial charge in [-0.2, -0.15) is 0 Å². The number of ether oxygens (including phenoxy) is 3. The van der Waals surface area contributed by atoms with Crippen molar-refractivity contribution in [3.63, 3.8) is 0 Å². The van der Waals surface area contributed by atoms with Gasteiger partial charge in [-0.15, -0.1) is 0 Å². The average Bonchev–Trinajstić information content (AvgIpc) is 3.02. The molecule has 7 rings (SSSR count). The summed E-state index contributed by atoms with van der Waals surface area (Å²) in [6.45, 7) is 1.11. The highest BCUT2D eigenvalue weighted by Gasteiger charge is 2.55. The molecule has 0 radical (unpaired) electrons. The maximum Gasteiger partial charge on any atom is 0.363 e. The lowest BCUT2D eigenvalue weighted by molar-refractivity contribution is -0.131. The number of carbonyl (C=O) groups is 1. The number of carbonyl (C=O) groups excluding carboxylic acids is 1. The van der Waals surface area contributed by atoms with Gasteiger partial charge in [0, 0.05) is 5.41 Å². The Hall–Kier alpha value is -2.30. The zero-order valence-electron chi connectivity index (χ0n) is 15.3. The van der Waals surface area contributed by atoms with Crippen LogP contribution in [0.3, 0.4) is 0 Å². The Morgan fingerprint density at radius 3 is 2.33 bits per heavy atom. The molecule has 0 spiro atoms.